The Balaban J connectivity index is 2.07. The molecule has 0 aromatic carbocycles. The van der Waals surface area contributed by atoms with E-state index in [0.29, 0.717) is 0 Å². The van der Waals surface area contributed by atoms with Crippen molar-refractivity contribution >= 4 is 11.9 Å². The average molecular weight is 426 g/mol. The van der Waals surface area contributed by atoms with E-state index in [1.807, 2.05) is 0 Å². The summed E-state index contributed by atoms with van der Waals surface area (Å²) in [4.78, 5) is 21.9. The van der Waals surface area contributed by atoms with Gasteiger partial charge in [-0.05, 0) is 0 Å². The fourth-order valence-electron chi connectivity index (χ4n) is 2.86. The average Bonchev–Trinajstić information content (AvgIpc) is 2.66. The molecule has 13 heteroatoms. The monoisotopic (exact) mass is 426 g/mol. The molecule has 0 spiro atoms. The molecular weight excluding hydrogens is 400 g/mol. The first-order valence-corrected chi connectivity index (χ1v) is 8.84. The molecule has 13 nitrogen and oxygen atoms in total. The van der Waals surface area contributed by atoms with Crippen LogP contribution in [0.25, 0.3) is 0 Å². The van der Waals surface area contributed by atoms with Gasteiger partial charge < -0.3 is 54.3 Å². The number of carbonyl (C=O) groups excluding carboxylic acids is 2. The second-order valence-electron chi connectivity index (χ2n) is 6.77. The van der Waals surface area contributed by atoms with Gasteiger partial charge in [-0.25, -0.2) is 0 Å². The van der Waals surface area contributed by atoms with Crippen LogP contribution in [-0.4, -0.2) is 117 Å². The molecule has 168 valence electrons. The third-order valence-corrected chi connectivity index (χ3v) is 4.51. The minimum absolute atomic E-state index is 0.454. The van der Waals surface area contributed by atoms with Crippen LogP contribution in [0, 0.1) is 0 Å². The number of esters is 2. The summed E-state index contributed by atoms with van der Waals surface area (Å²) >= 11 is 0. The number of hydrogen-bond acceptors (Lipinski definition) is 13. The van der Waals surface area contributed by atoms with Gasteiger partial charge in [0.1, 0.15) is 62.0 Å². The molecule has 0 radical (unpaired) electrons. The summed E-state index contributed by atoms with van der Waals surface area (Å²) in [6, 6.07) is 0. The van der Waals surface area contributed by atoms with Gasteiger partial charge in [0.2, 0.25) is 0 Å². The van der Waals surface area contributed by atoms with Crippen molar-refractivity contribution in [2.45, 2.75) is 75.3 Å². The van der Waals surface area contributed by atoms with Gasteiger partial charge in [-0.3, -0.25) is 9.59 Å². The standard InChI is InChI=1S/C16H26O13/c1-5(17)25-3-7-9(19)11(21)13(23)15(27-7)29-16-14(24)12(22)10(20)8(28-16)4-26-6(2)18/h7-16,19-24H,3-4H2,1-2H3/t7-,8?,9-,10+,11?,12?,13?,14?,15+,16+/m0/s1. The smallest absolute Gasteiger partial charge is 0.302 e. The number of carbonyl (C=O) groups is 2. The lowest BCUT2D eigenvalue weighted by Crippen LogP contribution is -2.64. The number of ether oxygens (including phenoxy) is 5. The SMILES string of the molecule is CC(=O)OCC1O[C@H](O[C@H]2O[C@@H](COC(C)=O)[C@H](O)C(O)C2O)C(O)C(O)[C@@H]1O. The minimum Gasteiger partial charge on any atom is -0.463 e. The van der Waals surface area contributed by atoms with Gasteiger partial charge in [0.15, 0.2) is 12.6 Å². The first-order valence-electron chi connectivity index (χ1n) is 8.84. The highest BCUT2D eigenvalue weighted by Crippen LogP contribution is 2.28. The van der Waals surface area contributed by atoms with Crippen molar-refractivity contribution in [1.29, 1.82) is 0 Å². The van der Waals surface area contributed by atoms with E-state index in [9.17, 15) is 40.2 Å². The lowest BCUT2D eigenvalue weighted by molar-refractivity contribution is -0.376. The molecule has 2 aliphatic rings. The Labute approximate surface area is 165 Å². The second kappa shape index (κ2) is 10.1. The van der Waals surface area contributed by atoms with E-state index < -0.39 is 86.6 Å². The van der Waals surface area contributed by atoms with Crippen molar-refractivity contribution in [2.24, 2.45) is 0 Å². The van der Waals surface area contributed by atoms with Crippen molar-refractivity contribution in [3.05, 3.63) is 0 Å². The van der Waals surface area contributed by atoms with E-state index in [1.165, 1.54) is 0 Å². The summed E-state index contributed by atoms with van der Waals surface area (Å²) in [5.74, 6) is -1.34. The zero-order chi connectivity index (χ0) is 21.9. The molecule has 10 atom stereocenters. The molecule has 0 bridgehead atoms. The van der Waals surface area contributed by atoms with E-state index in [1.54, 1.807) is 0 Å². The molecule has 0 amide bonds. The lowest BCUT2D eigenvalue weighted by atomic mass is 9.98. The van der Waals surface area contributed by atoms with Gasteiger partial charge in [-0.1, -0.05) is 0 Å². The predicted octanol–water partition coefficient (Wildman–Crippen LogP) is -4.26. The largest absolute Gasteiger partial charge is 0.463 e. The summed E-state index contributed by atoms with van der Waals surface area (Å²) in [6.45, 7) is 1.34. The Morgan fingerprint density at radius 3 is 1.31 bits per heavy atom. The minimum atomic E-state index is -1.79. The molecule has 6 N–H and O–H groups in total. The second-order valence-corrected chi connectivity index (χ2v) is 6.77. The topological polar surface area (TPSA) is 202 Å². The summed E-state index contributed by atoms with van der Waals surface area (Å²) in [6.07, 6.45) is -16.1. The fourth-order valence-corrected chi connectivity index (χ4v) is 2.86. The zero-order valence-electron chi connectivity index (χ0n) is 15.7. The van der Waals surface area contributed by atoms with Gasteiger partial charge in [0.25, 0.3) is 0 Å². The lowest BCUT2D eigenvalue weighted by Gasteiger charge is -2.44. The van der Waals surface area contributed by atoms with Crippen LogP contribution in [0.4, 0.5) is 0 Å². The van der Waals surface area contributed by atoms with Crippen LogP contribution >= 0.6 is 0 Å². The highest BCUT2D eigenvalue weighted by Gasteiger charge is 2.50. The molecule has 0 aromatic heterocycles. The van der Waals surface area contributed by atoms with E-state index in [2.05, 4.69) is 0 Å². The first kappa shape index (κ1) is 23.9. The van der Waals surface area contributed by atoms with Crippen molar-refractivity contribution in [3.63, 3.8) is 0 Å². The Bertz CT molecular complexity index is 523. The molecule has 2 saturated heterocycles. The van der Waals surface area contributed by atoms with Crippen LogP contribution in [0.2, 0.25) is 0 Å². The number of rotatable bonds is 6. The van der Waals surface area contributed by atoms with E-state index in [-0.39, 0.29) is 0 Å². The fraction of sp³-hybridized carbons (Fsp3) is 0.875. The third kappa shape index (κ3) is 5.81. The van der Waals surface area contributed by atoms with Crippen LogP contribution in [0.3, 0.4) is 0 Å². The maximum absolute atomic E-state index is 10.9. The quantitative estimate of drug-likeness (QED) is 0.223. The Morgan fingerprint density at radius 2 is 1.00 bits per heavy atom. The Kier molecular flexibility index (Phi) is 8.28. The molecule has 2 heterocycles. The summed E-state index contributed by atoms with van der Waals surface area (Å²) in [5, 5.41) is 60.1. The Morgan fingerprint density at radius 1 is 0.655 bits per heavy atom. The summed E-state index contributed by atoms with van der Waals surface area (Å²) in [7, 11) is 0. The molecule has 0 aliphatic carbocycles. The van der Waals surface area contributed by atoms with Crippen LogP contribution in [0.1, 0.15) is 13.8 Å². The predicted molar refractivity (Wildman–Crippen MR) is 87.7 cm³/mol. The van der Waals surface area contributed by atoms with E-state index >= 15 is 0 Å². The molecule has 2 aliphatic heterocycles. The molecule has 29 heavy (non-hydrogen) atoms. The van der Waals surface area contributed by atoms with E-state index in [4.69, 9.17) is 23.7 Å². The number of hydrogen-bond donors (Lipinski definition) is 6. The van der Waals surface area contributed by atoms with Crippen molar-refractivity contribution in [1.82, 2.24) is 0 Å². The van der Waals surface area contributed by atoms with Crippen LogP contribution in [-0.2, 0) is 33.3 Å². The highest BCUT2D eigenvalue weighted by atomic mass is 16.8. The van der Waals surface area contributed by atoms with Gasteiger partial charge in [-0.15, -0.1) is 0 Å². The first-order chi connectivity index (χ1) is 13.5. The molecule has 2 fully saturated rings. The van der Waals surface area contributed by atoms with Gasteiger partial charge in [-0.2, -0.15) is 0 Å². The molecule has 5 unspecified atom stereocenters. The zero-order valence-corrected chi connectivity index (χ0v) is 15.7. The number of aliphatic hydroxyl groups excluding tert-OH is 6. The third-order valence-electron chi connectivity index (χ3n) is 4.51. The summed E-state index contributed by atoms with van der Waals surface area (Å²) < 4.78 is 25.3. The van der Waals surface area contributed by atoms with Crippen LogP contribution in [0.5, 0.6) is 0 Å². The van der Waals surface area contributed by atoms with Crippen molar-refractivity contribution in [3.8, 4) is 0 Å². The Hall–Kier alpha value is -1.42. The van der Waals surface area contributed by atoms with E-state index in [0.717, 1.165) is 13.8 Å². The van der Waals surface area contributed by atoms with Gasteiger partial charge >= 0.3 is 11.9 Å². The molecule has 0 saturated carbocycles. The van der Waals surface area contributed by atoms with Gasteiger partial charge in [0.05, 0.1) is 0 Å². The van der Waals surface area contributed by atoms with Crippen molar-refractivity contribution < 1.29 is 63.9 Å². The number of aliphatic hydroxyl groups is 6. The summed E-state index contributed by atoms with van der Waals surface area (Å²) in [5.41, 5.74) is 0. The van der Waals surface area contributed by atoms with Crippen LogP contribution in [0.15, 0.2) is 0 Å². The van der Waals surface area contributed by atoms with Crippen LogP contribution < -0.4 is 0 Å². The maximum atomic E-state index is 10.9. The maximum Gasteiger partial charge on any atom is 0.302 e. The normalized spacial score (nSPS) is 42.9. The molecular formula is C16H26O13. The van der Waals surface area contributed by atoms with Crippen molar-refractivity contribution in [2.75, 3.05) is 13.2 Å². The highest BCUT2D eigenvalue weighted by molar-refractivity contribution is 5.66. The molecule has 0 aromatic rings. The van der Waals surface area contributed by atoms with Gasteiger partial charge in [0, 0.05) is 13.8 Å². The molecule has 2 rings (SSSR count).